The summed E-state index contributed by atoms with van der Waals surface area (Å²) in [5.41, 5.74) is 13.4. The second-order valence-corrected chi connectivity index (χ2v) is 14.3. The van der Waals surface area contributed by atoms with Crippen LogP contribution in [0.4, 0.5) is 0 Å². The van der Waals surface area contributed by atoms with E-state index in [0.717, 1.165) is 66.5 Å². The maximum absolute atomic E-state index is 10.7. The van der Waals surface area contributed by atoms with E-state index in [1.807, 2.05) is 42.5 Å². The SMILES string of the molecule is N#Cc1c(-c2ccccc2)c(-n2c3ccccc3c3cc(-c4ccc5c(c4)c4ccccc4n5-c4cccc(-c5ccccc5)c4)ccc32)nc2ccccc12. The van der Waals surface area contributed by atoms with Crippen molar-refractivity contribution in [1.29, 1.82) is 5.26 Å². The van der Waals surface area contributed by atoms with Gasteiger partial charge < -0.3 is 4.57 Å². The Hall–Kier alpha value is -7.74. The first-order chi connectivity index (χ1) is 27.7. The third-order valence-corrected chi connectivity index (χ3v) is 11.1. The lowest BCUT2D eigenvalue weighted by atomic mass is 9.97. The summed E-state index contributed by atoms with van der Waals surface area (Å²) in [6, 6.07) is 70.8. The Morgan fingerprint density at radius 3 is 1.54 bits per heavy atom. The summed E-state index contributed by atoms with van der Waals surface area (Å²) in [4.78, 5) is 5.31. The average Bonchev–Trinajstić information content (AvgIpc) is 3.78. The number of rotatable bonds is 5. The number of pyridine rings is 1. The highest BCUT2D eigenvalue weighted by Gasteiger charge is 2.22. The molecule has 0 spiro atoms. The summed E-state index contributed by atoms with van der Waals surface area (Å²) in [5.74, 6) is 0.746. The summed E-state index contributed by atoms with van der Waals surface area (Å²) in [7, 11) is 0. The summed E-state index contributed by atoms with van der Waals surface area (Å²) < 4.78 is 4.62. The minimum atomic E-state index is 0.624. The zero-order valence-electron chi connectivity index (χ0n) is 30.3. The highest BCUT2D eigenvalue weighted by molar-refractivity contribution is 6.13. The van der Waals surface area contributed by atoms with E-state index in [0.29, 0.717) is 5.56 Å². The van der Waals surface area contributed by atoms with E-state index in [1.54, 1.807) is 0 Å². The van der Waals surface area contributed by atoms with Crippen molar-refractivity contribution >= 4 is 54.5 Å². The predicted octanol–water partition coefficient (Wildman–Crippen LogP) is 13.3. The van der Waals surface area contributed by atoms with Crippen LogP contribution in [0.15, 0.2) is 194 Å². The molecule has 260 valence electrons. The second kappa shape index (κ2) is 12.7. The van der Waals surface area contributed by atoms with E-state index in [2.05, 4.69) is 167 Å². The highest BCUT2D eigenvalue weighted by Crippen LogP contribution is 2.41. The normalized spacial score (nSPS) is 11.6. The molecule has 8 aromatic carbocycles. The van der Waals surface area contributed by atoms with Gasteiger partial charge in [-0.05, 0) is 82.4 Å². The summed E-state index contributed by atoms with van der Waals surface area (Å²) in [6.45, 7) is 0. The maximum atomic E-state index is 10.7. The molecule has 11 aromatic rings. The number of hydrogen-bond donors (Lipinski definition) is 0. The number of para-hydroxylation sites is 3. The van der Waals surface area contributed by atoms with Crippen LogP contribution in [0.5, 0.6) is 0 Å². The lowest BCUT2D eigenvalue weighted by molar-refractivity contribution is 1.10. The van der Waals surface area contributed by atoms with Crippen LogP contribution in [-0.2, 0) is 0 Å². The number of fused-ring (bicyclic) bond motifs is 7. The van der Waals surface area contributed by atoms with Gasteiger partial charge in [-0.25, -0.2) is 4.98 Å². The van der Waals surface area contributed by atoms with Crippen molar-refractivity contribution in [3.05, 3.63) is 200 Å². The van der Waals surface area contributed by atoms with Crippen LogP contribution in [0.3, 0.4) is 0 Å². The van der Waals surface area contributed by atoms with Crippen molar-refractivity contribution in [2.24, 2.45) is 0 Å². The van der Waals surface area contributed by atoms with E-state index in [-0.39, 0.29) is 0 Å². The quantitative estimate of drug-likeness (QED) is 0.178. The van der Waals surface area contributed by atoms with Crippen LogP contribution in [0.1, 0.15) is 5.56 Å². The van der Waals surface area contributed by atoms with Gasteiger partial charge in [-0.1, -0.05) is 140 Å². The van der Waals surface area contributed by atoms with Gasteiger partial charge in [-0.3, -0.25) is 4.57 Å². The Morgan fingerprint density at radius 2 is 0.875 bits per heavy atom. The van der Waals surface area contributed by atoms with Crippen LogP contribution in [0.25, 0.3) is 99.4 Å². The Bertz CT molecular complexity index is 3360. The van der Waals surface area contributed by atoms with Gasteiger partial charge in [0.2, 0.25) is 0 Å². The molecular formula is C52H32N4. The first kappa shape index (κ1) is 31.8. The van der Waals surface area contributed by atoms with Crippen molar-refractivity contribution in [2.75, 3.05) is 0 Å². The summed E-state index contributed by atoms with van der Waals surface area (Å²) in [5, 5.41) is 16.2. The summed E-state index contributed by atoms with van der Waals surface area (Å²) >= 11 is 0. The third-order valence-electron chi connectivity index (χ3n) is 11.1. The van der Waals surface area contributed by atoms with Gasteiger partial charge in [-0.2, -0.15) is 5.26 Å². The first-order valence-corrected chi connectivity index (χ1v) is 18.9. The Morgan fingerprint density at radius 1 is 0.375 bits per heavy atom. The lowest BCUT2D eigenvalue weighted by Crippen LogP contribution is -2.04. The van der Waals surface area contributed by atoms with E-state index in [4.69, 9.17) is 4.98 Å². The van der Waals surface area contributed by atoms with Crippen LogP contribution in [0.2, 0.25) is 0 Å². The standard InChI is InChI=1S/C52H32N4/c53-33-45-40-20-7-10-23-46(40)54-52(51(45)35-16-5-2-6-17-35)56-48-25-12-9-22-42(48)44-32-38(27-29-50(44)56)37-26-28-49-43(31-37)41-21-8-11-24-47(41)55(49)39-19-13-18-36(30-39)34-14-3-1-4-15-34/h1-32H. The molecule has 3 aromatic heterocycles. The lowest BCUT2D eigenvalue weighted by Gasteiger charge is -2.16. The molecule has 0 atom stereocenters. The van der Waals surface area contributed by atoms with E-state index in [1.165, 1.54) is 32.9 Å². The zero-order valence-corrected chi connectivity index (χ0v) is 30.3. The van der Waals surface area contributed by atoms with Gasteiger partial charge >= 0.3 is 0 Å². The number of nitriles is 1. The molecule has 0 saturated carbocycles. The molecule has 4 heteroatoms. The Labute approximate surface area is 323 Å². The second-order valence-electron chi connectivity index (χ2n) is 14.3. The summed E-state index contributed by atoms with van der Waals surface area (Å²) in [6.07, 6.45) is 0. The van der Waals surface area contributed by atoms with Gasteiger partial charge in [0.05, 0.1) is 33.1 Å². The van der Waals surface area contributed by atoms with Crippen molar-refractivity contribution in [1.82, 2.24) is 14.1 Å². The fourth-order valence-corrected chi connectivity index (χ4v) is 8.62. The molecule has 0 bridgehead atoms. The van der Waals surface area contributed by atoms with E-state index in [9.17, 15) is 5.26 Å². The van der Waals surface area contributed by atoms with Gasteiger partial charge in [0.25, 0.3) is 0 Å². The zero-order chi connectivity index (χ0) is 37.2. The van der Waals surface area contributed by atoms with Crippen LogP contribution >= 0.6 is 0 Å². The number of nitrogens with zero attached hydrogens (tertiary/aromatic N) is 4. The molecule has 0 saturated heterocycles. The number of hydrogen-bond acceptors (Lipinski definition) is 2. The van der Waals surface area contributed by atoms with Gasteiger partial charge in [-0.15, -0.1) is 0 Å². The minimum absolute atomic E-state index is 0.624. The van der Waals surface area contributed by atoms with Crippen molar-refractivity contribution < 1.29 is 0 Å². The molecule has 0 amide bonds. The van der Waals surface area contributed by atoms with Crippen molar-refractivity contribution in [2.45, 2.75) is 0 Å². The molecule has 0 aliphatic carbocycles. The van der Waals surface area contributed by atoms with Crippen LogP contribution in [-0.4, -0.2) is 14.1 Å². The largest absolute Gasteiger partial charge is 0.309 e. The molecule has 0 unspecified atom stereocenters. The Kier molecular flexibility index (Phi) is 7.20. The molecule has 0 aliphatic heterocycles. The molecule has 11 rings (SSSR count). The van der Waals surface area contributed by atoms with E-state index < -0.39 is 0 Å². The topological polar surface area (TPSA) is 46.5 Å². The number of aromatic nitrogens is 3. The molecule has 0 radical (unpaired) electrons. The minimum Gasteiger partial charge on any atom is -0.309 e. The average molecular weight is 713 g/mol. The maximum Gasteiger partial charge on any atom is 0.147 e. The van der Waals surface area contributed by atoms with Gasteiger partial charge in [0, 0.05) is 38.2 Å². The van der Waals surface area contributed by atoms with Crippen LogP contribution < -0.4 is 0 Å². The third kappa shape index (κ3) is 4.89. The smallest absolute Gasteiger partial charge is 0.147 e. The van der Waals surface area contributed by atoms with Crippen molar-refractivity contribution in [3.8, 4) is 51.0 Å². The molecular weight excluding hydrogens is 681 g/mol. The molecule has 3 heterocycles. The van der Waals surface area contributed by atoms with Gasteiger partial charge in [0.15, 0.2) is 0 Å². The van der Waals surface area contributed by atoms with Gasteiger partial charge in [0.1, 0.15) is 11.9 Å². The molecule has 0 aliphatic rings. The van der Waals surface area contributed by atoms with E-state index >= 15 is 0 Å². The highest BCUT2D eigenvalue weighted by atomic mass is 15.1. The monoisotopic (exact) mass is 712 g/mol. The molecule has 0 fully saturated rings. The Balaban J connectivity index is 1.11. The molecule has 0 N–H and O–H groups in total. The molecule has 56 heavy (non-hydrogen) atoms. The predicted molar refractivity (Wildman–Crippen MR) is 231 cm³/mol. The number of benzene rings is 8. The fourth-order valence-electron chi connectivity index (χ4n) is 8.62. The fraction of sp³-hybridized carbons (Fsp3) is 0. The van der Waals surface area contributed by atoms with Crippen molar-refractivity contribution in [3.63, 3.8) is 0 Å². The molecule has 4 nitrogen and oxygen atoms in total. The van der Waals surface area contributed by atoms with Crippen LogP contribution in [0, 0.1) is 11.3 Å². The first-order valence-electron chi connectivity index (χ1n) is 18.9.